The smallest absolute Gasteiger partial charge is 0.261 e. The van der Waals surface area contributed by atoms with Gasteiger partial charge in [-0.25, -0.2) is 12.8 Å². The number of rotatable bonds is 3. The standard InChI is InChI=1S/C12H11FN2O2S/c1-9-2-4-12(5-3-9)18(16,17)15-11-6-10(13)7-14-8-11/h2-8,15H,1H3. The maximum Gasteiger partial charge on any atom is 0.261 e. The molecule has 0 fully saturated rings. The van der Waals surface area contributed by atoms with Gasteiger partial charge in [0.1, 0.15) is 5.82 Å². The summed E-state index contributed by atoms with van der Waals surface area (Å²) in [6, 6.07) is 7.43. The van der Waals surface area contributed by atoms with Crippen molar-refractivity contribution < 1.29 is 12.8 Å². The zero-order valence-corrected chi connectivity index (χ0v) is 10.4. The van der Waals surface area contributed by atoms with Crippen LogP contribution in [0.15, 0.2) is 47.6 Å². The van der Waals surface area contributed by atoms with Crippen molar-refractivity contribution >= 4 is 15.7 Å². The zero-order chi connectivity index (χ0) is 13.2. The van der Waals surface area contributed by atoms with Gasteiger partial charge >= 0.3 is 0 Å². The van der Waals surface area contributed by atoms with Crippen molar-refractivity contribution in [2.24, 2.45) is 0 Å². The summed E-state index contributed by atoms with van der Waals surface area (Å²) in [6.45, 7) is 1.86. The van der Waals surface area contributed by atoms with Crippen LogP contribution in [-0.4, -0.2) is 13.4 Å². The fourth-order valence-corrected chi connectivity index (χ4v) is 2.43. The van der Waals surface area contributed by atoms with Crippen LogP contribution in [-0.2, 0) is 10.0 Å². The van der Waals surface area contributed by atoms with Crippen LogP contribution in [0.25, 0.3) is 0 Å². The van der Waals surface area contributed by atoms with Gasteiger partial charge in [-0.3, -0.25) is 9.71 Å². The number of aromatic nitrogens is 1. The molecule has 1 N–H and O–H groups in total. The molecule has 18 heavy (non-hydrogen) atoms. The van der Waals surface area contributed by atoms with Gasteiger partial charge in [0.15, 0.2) is 0 Å². The van der Waals surface area contributed by atoms with Crippen molar-refractivity contribution in [2.45, 2.75) is 11.8 Å². The normalized spacial score (nSPS) is 11.2. The van der Waals surface area contributed by atoms with E-state index in [-0.39, 0.29) is 10.6 Å². The summed E-state index contributed by atoms with van der Waals surface area (Å²) in [4.78, 5) is 3.70. The fraction of sp³-hybridized carbons (Fsp3) is 0.0833. The third-order valence-electron chi connectivity index (χ3n) is 2.29. The molecule has 0 unspecified atom stereocenters. The minimum Gasteiger partial charge on any atom is -0.278 e. The van der Waals surface area contributed by atoms with Gasteiger partial charge in [0, 0.05) is 6.07 Å². The summed E-state index contributed by atoms with van der Waals surface area (Å²) in [7, 11) is -3.70. The van der Waals surface area contributed by atoms with Crippen molar-refractivity contribution in [3.8, 4) is 0 Å². The van der Waals surface area contributed by atoms with Gasteiger partial charge in [-0.1, -0.05) is 17.7 Å². The van der Waals surface area contributed by atoms with E-state index in [0.717, 1.165) is 17.8 Å². The average molecular weight is 266 g/mol. The molecule has 0 saturated heterocycles. The van der Waals surface area contributed by atoms with E-state index in [1.165, 1.54) is 18.3 Å². The molecule has 1 aromatic carbocycles. The number of nitrogens with zero attached hydrogens (tertiary/aromatic N) is 1. The zero-order valence-electron chi connectivity index (χ0n) is 9.59. The monoisotopic (exact) mass is 266 g/mol. The lowest BCUT2D eigenvalue weighted by Gasteiger charge is -2.07. The van der Waals surface area contributed by atoms with E-state index in [0.29, 0.717) is 0 Å². The predicted octanol–water partition coefficient (Wildman–Crippen LogP) is 2.33. The lowest BCUT2D eigenvalue weighted by molar-refractivity contribution is 0.601. The van der Waals surface area contributed by atoms with Crippen LogP contribution in [0.1, 0.15) is 5.56 Å². The first kappa shape index (κ1) is 12.5. The summed E-state index contributed by atoms with van der Waals surface area (Å²) in [5.74, 6) is -0.598. The maximum atomic E-state index is 12.9. The Labute approximate surface area is 105 Å². The largest absolute Gasteiger partial charge is 0.278 e. The third-order valence-corrected chi connectivity index (χ3v) is 3.69. The summed E-state index contributed by atoms with van der Waals surface area (Å²) in [6.07, 6.45) is 2.25. The molecule has 2 rings (SSSR count). The van der Waals surface area contributed by atoms with Gasteiger partial charge in [-0.2, -0.15) is 0 Å². The number of hydrogen-bond acceptors (Lipinski definition) is 3. The second kappa shape index (κ2) is 4.73. The van der Waals surface area contributed by atoms with Crippen molar-refractivity contribution in [2.75, 3.05) is 4.72 Å². The first-order valence-electron chi connectivity index (χ1n) is 5.17. The number of aryl methyl sites for hydroxylation is 1. The van der Waals surface area contributed by atoms with Crippen LogP contribution in [0, 0.1) is 12.7 Å². The summed E-state index contributed by atoms with van der Waals surface area (Å²) in [5.41, 5.74) is 1.05. The van der Waals surface area contributed by atoms with Gasteiger partial charge in [0.25, 0.3) is 10.0 Å². The van der Waals surface area contributed by atoms with E-state index in [9.17, 15) is 12.8 Å². The summed E-state index contributed by atoms with van der Waals surface area (Å²) >= 11 is 0. The number of sulfonamides is 1. The SMILES string of the molecule is Cc1ccc(S(=O)(=O)Nc2cncc(F)c2)cc1. The Morgan fingerprint density at radius 2 is 1.83 bits per heavy atom. The molecule has 0 spiro atoms. The Morgan fingerprint density at radius 3 is 2.44 bits per heavy atom. The van der Waals surface area contributed by atoms with Crippen molar-refractivity contribution in [3.05, 3.63) is 54.1 Å². The summed E-state index contributed by atoms with van der Waals surface area (Å²) < 4.78 is 39.1. The molecule has 0 amide bonds. The highest BCUT2D eigenvalue weighted by molar-refractivity contribution is 7.92. The van der Waals surface area contributed by atoms with E-state index >= 15 is 0 Å². The van der Waals surface area contributed by atoms with E-state index in [1.807, 2.05) is 6.92 Å². The average Bonchev–Trinajstić information content (AvgIpc) is 2.29. The highest BCUT2D eigenvalue weighted by Gasteiger charge is 2.14. The number of pyridine rings is 1. The van der Waals surface area contributed by atoms with E-state index in [4.69, 9.17) is 0 Å². The second-order valence-corrected chi connectivity index (χ2v) is 5.49. The molecule has 1 aromatic heterocycles. The minimum absolute atomic E-state index is 0.0931. The highest BCUT2D eigenvalue weighted by Crippen LogP contribution is 2.16. The first-order chi connectivity index (χ1) is 8.47. The minimum atomic E-state index is -3.70. The Hall–Kier alpha value is -1.95. The van der Waals surface area contributed by atoms with Gasteiger partial charge in [-0.05, 0) is 19.1 Å². The Bertz CT molecular complexity index is 654. The molecular formula is C12H11FN2O2S. The van der Waals surface area contributed by atoms with Crippen LogP contribution >= 0.6 is 0 Å². The lowest BCUT2D eigenvalue weighted by atomic mass is 10.2. The number of anilines is 1. The fourth-order valence-electron chi connectivity index (χ4n) is 1.40. The van der Waals surface area contributed by atoms with Crippen LogP contribution in [0.3, 0.4) is 0 Å². The number of halogens is 1. The molecule has 4 nitrogen and oxygen atoms in total. The molecule has 0 aliphatic carbocycles. The molecule has 0 radical (unpaired) electrons. The molecule has 0 saturated carbocycles. The molecule has 0 aliphatic heterocycles. The van der Waals surface area contributed by atoms with Gasteiger partial charge in [0.05, 0.1) is 23.0 Å². The van der Waals surface area contributed by atoms with E-state index in [1.54, 1.807) is 12.1 Å². The Balaban J connectivity index is 2.30. The molecule has 1 heterocycles. The number of hydrogen-bond donors (Lipinski definition) is 1. The molecule has 0 aliphatic rings. The number of benzene rings is 1. The van der Waals surface area contributed by atoms with Gasteiger partial charge in [-0.15, -0.1) is 0 Å². The first-order valence-corrected chi connectivity index (χ1v) is 6.66. The quantitative estimate of drug-likeness (QED) is 0.927. The topological polar surface area (TPSA) is 59.1 Å². The highest BCUT2D eigenvalue weighted by atomic mass is 32.2. The molecular weight excluding hydrogens is 255 g/mol. The van der Waals surface area contributed by atoms with Gasteiger partial charge < -0.3 is 0 Å². The predicted molar refractivity (Wildman–Crippen MR) is 66.2 cm³/mol. The lowest BCUT2D eigenvalue weighted by Crippen LogP contribution is -2.13. The van der Waals surface area contributed by atoms with E-state index in [2.05, 4.69) is 9.71 Å². The Morgan fingerprint density at radius 1 is 1.17 bits per heavy atom. The maximum absolute atomic E-state index is 12.9. The molecule has 0 bridgehead atoms. The van der Waals surface area contributed by atoms with Crippen LogP contribution in [0.2, 0.25) is 0 Å². The van der Waals surface area contributed by atoms with Crippen molar-refractivity contribution in [3.63, 3.8) is 0 Å². The molecule has 94 valence electrons. The van der Waals surface area contributed by atoms with Crippen LogP contribution in [0.4, 0.5) is 10.1 Å². The van der Waals surface area contributed by atoms with Crippen molar-refractivity contribution in [1.82, 2.24) is 4.98 Å². The van der Waals surface area contributed by atoms with Gasteiger partial charge in [0.2, 0.25) is 0 Å². The molecule has 2 aromatic rings. The second-order valence-electron chi connectivity index (χ2n) is 3.81. The van der Waals surface area contributed by atoms with Crippen LogP contribution in [0.5, 0.6) is 0 Å². The third kappa shape index (κ3) is 2.84. The number of nitrogens with one attached hydrogen (secondary N) is 1. The van der Waals surface area contributed by atoms with Crippen molar-refractivity contribution in [1.29, 1.82) is 0 Å². The van der Waals surface area contributed by atoms with E-state index < -0.39 is 15.8 Å². The Kier molecular flexibility index (Phi) is 3.29. The molecule has 0 atom stereocenters. The summed E-state index contributed by atoms with van der Waals surface area (Å²) in [5, 5.41) is 0. The van der Waals surface area contributed by atoms with Crippen LogP contribution < -0.4 is 4.72 Å². The molecule has 6 heteroatoms.